The first kappa shape index (κ1) is 13.6. The van der Waals surface area contributed by atoms with Crippen LogP contribution in [0.2, 0.25) is 0 Å². The van der Waals surface area contributed by atoms with Crippen molar-refractivity contribution in [1.29, 1.82) is 0 Å². The number of nitrogens with two attached hydrogens (primary N) is 1. The van der Waals surface area contributed by atoms with Gasteiger partial charge in [0.25, 0.3) is 0 Å². The number of hydrogen-bond donors (Lipinski definition) is 2. The van der Waals surface area contributed by atoms with Gasteiger partial charge in [0.15, 0.2) is 0 Å². The molecular weight excluding hydrogens is 252 g/mol. The molecule has 1 saturated carbocycles. The van der Waals surface area contributed by atoms with Crippen molar-refractivity contribution in [3.05, 3.63) is 34.9 Å². The zero-order chi connectivity index (χ0) is 14.3. The fourth-order valence-corrected chi connectivity index (χ4v) is 3.26. The predicted octanol–water partition coefficient (Wildman–Crippen LogP) is 1.08. The summed E-state index contributed by atoms with van der Waals surface area (Å²) in [6.45, 7) is 4.91. The lowest BCUT2D eigenvalue weighted by Crippen LogP contribution is -2.69. The van der Waals surface area contributed by atoms with E-state index in [-0.39, 0.29) is 24.1 Å². The van der Waals surface area contributed by atoms with Crippen molar-refractivity contribution in [2.75, 3.05) is 6.61 Å². The van der Waals surface area contributed by atoms with Gasteiger partial charge in [-0.05, 0) is 37.0 Å². The minimum atomic E-state index is -0.0125. The van der Waals surface area contributed by atoms with Gasteiger partial charge in [0.2, 0.25) is 5.91 Å². The summed E-state index contributed by atoms with van der Waals surface area (Å²) in [7, 11) is 0. The van der Waals surface area contributed by atoms with E-state index in [1.807, 2.05) is 6.07 Å². The normalized spacial score (nSPS) is 31.6. The zero-order valence-corrected chi connectivity index (χ0v) is 12.1. The second-order valence-corrected chi connectivity index (χ2v) is 6.05. The van der Waals surface area contributed by atoms with E-state index in [4.69, 9.17) is 10.5 Å². The molecule has 2 aliphatic rings. The lowest BCUT2D eigenvalue weighted by atomic mass is 9.72. The van der Waals surface area contributed by atoms with Gasteiger partial charge in [0, 0.05) is 18.6 Å². The Hall–Kier alpha value is -1.39. The molecule has 1 aliphatic carbocycles. The molecule has 4 heteroatoms. The molecule has 0 aromatic heterocycles. The quantitative estimate of drug-likeness (QED) is 0.867. The maximum absolute atomic E-state index is 12.1. The molecule has 1 aromatic rings. The van der Waals surface area contributed by atoms with Crippen LogP contribution >= 0.6 is 0 Å². The molecule has 4 unspecified atom stereocenters. The lowest BCUT2D eigenvalue weighted by Gasteiger charge is -2.45. The molecule has 20 heavy (non-hydrogen) atoms. The first-order valence-corrected chi connectivity index (χ1v) is 7.29. The third-order valence-electron chi connectivity index (χ3n) is 4.71. The van der Waals surface area contributed by atoms with E-state index in [9.17, 15) is 4.79 Å². The van der Waals surface area contributed by atoms with Crippen LogP contribution in [0.3, 0.4) is 0 Å². The summed E-state index contributed by atoms with van der Waals surface area (Å²) in [5.41, 5.74) is 9.61. The highest BCUT2D eigenvalue weighted by atomic mass is 16.5. The minimum absolute atomic E-state index is 0.0125. The Morgan fingerprint density at radius 3 is 2.95 bits per heavy atom. The van der Waals surface area contributed by atoms with Crippen molar-refractivity contribution >= 4 is 5.91 Å². The van der Waals surface area contributed by atoms with E-state index in [1.165, 1.54) is 11.1 Å². The van der Waals surface area contributed by atoms with Gasteiger partial charge in [0.05, 0.1) is 18.6 Å². The molecule has 4 nitrogen and oxygen atoms in total. The fourth-order valence-electron chi connectivity index (χ4n) is 3.26. The first-order valence-electron chi connectivity index (χ1n) is 7.29. The van der Waals surface area contributed by atoms with Crippen LogP contribution in [0.4, 0.5) is 0 Å². The van der Waals surface area contributed by atoms with Gasteiger partial charge in [0.1, 0.15) is 0 Å². The number of amides is 1. The number of nitrogens with one attached hydrogen (secondary N) is 1. The molecule has 3 rings (SSSR count). The number of hydrogen-bond acceptors (Lipinski definition) is 3. The van der Waals surface area contributed by atoms with Crippen molar-refractivity contribution < 1.29 is 9.53 Å². The first-order chi connectivity index (χ1) is 9.56. The number of carbonyl (C=O) groups is 1. The molecule has 108 valence electrons. The number of benzene rings is 1. The van der Waals surface area contributed by atoms with Crippen LogP contribution in [-0.2, 0) is 16.0 Å². The minimum Gasteiger partial charge on any atom is -0.376 e. The fraction of sp³-hybridized carbons (Fsp3) is 0.562. The van der Waals surface area contributed by atoms with Gasteiger partial charge in [-0.25, -0.2) is 0 Å². The predicted molar refractivity (Wildman–Crippen MR) is 77.4 cm³/mol. The van der Waals surface area contributed by atoms with Crippen LogP contribution in [-0.4, -0.2) is 30.7 Å². The van der Waals surface area contributed by atoms with E-state index < -0.39 is 0 Å². The Labute approximate surface area is 119 Å². The largest absolute Gasteiger partial charge is 0.376 e. The maximum atomic E-state index is 12.1. The molecule has 1 amide bonds. The molecule has 2 fully saturated rings. The van der Waals surface area contributed by atoms with E-state index in [2.05, 4.69) is 31.3 Å². The summed E-state index contributed by atoms with van der Waals surface area (Å²) in [5, 5.41) is 3.03. The second kappa shape index (κ2) is 5.19. The van der Waals surface area contributed by atoms with Gasteiger partial charge in [-0.15, -0.1) is 0 Å². The monoisotopic (exact) mass is 274 g/mol. The number of aryl methyl sites for hydroxylation is 2. The Bertz CT molecular complexity index is 529. The third-order valence-corrected chi connectivity index (χ3v) is 4.71. The average Bonchev–Trinajstić information content (AvgIpc) is 2.85. The Morgan fingerprint density at radius 2 is 2.20 bits per heavy atom. The molecule has 0 bridgehead atoms. The number of ether oxygens (including phenoxy) is 1. The van der Waals surface area contributed by atoms with Crippen LogP contribution in [0.5, 0.6) is 0 Å². The molecule has 4 atom stereocenters. The van der Waals surface area contributed by atoms with Crippen LogP contribution < -0.4 is 11.1 Å². The van der Waals surface area contributed by atoms with Gasteiger partial charge >= 0.3 is 0 Å². The van der Waals surface area contributed by atoms with Crippen molar-refractivity contribution in [3.63, 3.8) is 0 Å². The molecular formula is C16H22N2O2. The van der Waals surface area contributed by atoms with Crippen LogP contribution in [0.25, 0.3) is 0 Å². The van der Waals surface area contributed by atoms with E-state index >= 15 is 0 Å². The van der Waals surface area contributed by atoms with Gasteiger partial charge in [-0.2, -0.15) is 0 Å². The van der Waals surface area contributed by atoms with Crippen LogP contribution in [0, 0.1) is 19.8 Å². The number of rotatable bonds is 3. The smallest absolute Gasteiger partial charge is 0.224 e. The molecule has 3 N–H and O–H groups in total. The van der Waals surface area contributed by atoms with Gasteiger partial charge < -0.3 is 15.8 Å². The lowest BCUT2D eigenvalue weighted by molar-refractivity contribution is -0.125. The molecule has 0 spiro atoms. The van der Waals surface area contributed by atoms with Crippen molar-refractivity contribution in [2.24, 2.45) is 11.7 Å². The third kappa shape index (κ3) is 2.34. The molecule has 1 aliphatic heterocycles. The van der Waals surface area contributed by atoms with Crippen LogP contribution in [0.1, 0.15) is 23.1 Å². The van der Waals surface area contributed by atoms with Gasteiger partial charge in [-0.3, -0.25) is 4.79 Å². The van der Waals surface area contributed by atoms with E-state index in [0.717, 1.165) is 18.6 Å². The van der Waals surface area contributed by atoms with Crippen LogP contribution in [0.15, 0.2) is 18.2 Å². The highest BCUT2D eigenvalue weighted by Gasteiger charge is 2.52. The summed E-state index contributed by atoms with van der Waals surface area (Å²) >= 11 is 0. The summed E-state index contributed by atoms with van der Waals surface area (Å²) in [4.78, 5) is 12.1. The van der Waals surface area contributed by atoms with Gasteiger partial charge in [-0.1, -0.05) is 18.2 Å². The number of carbonyl (C=O) groups excluding carboxylic acids is 1. The summed E-state index contributed by atoms with van der Waals surface area (Å²) in [5.74, 6) is 0.463. The Balaban J connectivity index is 1.58. The SMILES string of the molecule is Cc1ccc(CC(=O)NC2C(N)C3CCOC32)cc1C. The Morgan fingerprint density at radius 1 is 1.40 bits per heavy atom. The Kier molecular flexibility index (Phi) is 3.52. The highest BCUT2D eigenvalue weighted by Crippen LogP contribution is 2.37. The summed E-state index contributed by atoms with van der Waals surface area (Å²) < 4.78 is 5.63. The van der Waals surface area contributed by atoms with Crippen molar-refractivity contribution in [3.8, 4) is 0 Å². The standard InChI is InChI=1S/C16H22N2O2/c1-9-3-4-11(7-10(9)2)8-13(19)18-15-14(17)12-5-6-20-16(12)15/h3-4,7,12,14-16H,5-6,8,17H2,1-2H3,(H,18,19). The topological polar surface area (TPSA) is 64.4 Å². The number of fused-ring (bicyclic) bond motifs is 1. The summed E-state index contributed by atoms with van der Waals surface area (Å²) in [6.07, 6.45) is 1.56. The maximum Gasteiger partial charge on any atom is 0.224 e. The molecule has 1 aromatic carbocycles. The molecule has 1 heterocycles. The zero-order valence-electron chi connectivity index (χ0n) is 12.1. The van der Waals surface area contributed by atoms with E-state index in [0.29, 0.717) is 12.3 Å². The molecule has 0 radical (unpaired) electrons. The average molecular weight is 274 g/mol. The highest BCUT2D eigenvalue weighted by molar-refractivity contribution is 5.79. The molecule has 1 saturated heterocycles. The van der Waals surface area contributed by atoms with Crippen molar-refractivity contribution in [2.45, 2.75) is 44.9 Å². The summed E-state index contributed by atoms with van der Waals surface area (Å²) in [6, 6.07) is 6.18. The van der Waals surface area contributed by atoms with Crippen molar-refractivity contribution in [1.82, 2.24) is 5.32 Å². The second-order valence-electron chi connectivity index (χ2n) is 6.05. The van der Waals surface area contributed by atoms with E-state index in [1.54, 1.807) is 0 Å².